The Hall–Kier alpha value is -2.76. The van der Waals surface area contributed by atoms with Crippen LogP contribution in [0.1, 0.15) is 50.4 Å². The second kappa shape index (κ2) is 7.93. The molecule has 1 fully saturated rings. The van der Waals surface area contributed by atoms with E-state index in [1.165, 1.54) is 12.1 Å². The fourth-order valence-corrected chi connectivity index (χ4v) is 3.95. The van der Waals surface area contributed by atoms with Gasteiger partial charge in [-0.25, -0.2) is 4.39 Å². The van der Waals surface area contributed by atoms with Crippen LogP contribution >= 0.6 is 0 Å². The van der Waals surface area contributed by atoms with Crippen LogP contribution in [0.25, 0.3) is 0 Å². The Bertz CT molecular complexity index is 922. The molecule has 2 amide bonds. The first-order valence-corrected chi connectivity index (χ1v) is 10.3. The quantitative estimate of drug-likeness (QED) is 0.822. The van der Waals surface area contributed by atoms with Crippen molar-refractivity contribution in [1.29, 1.82) is 0 Å². The van der Waals surface area contributed by atoms with Gasteiger partial charge in [-0.15, -0.1) is 0 Å². The van der Waals surface area contributed by atoms with Crippen molar-refractivity contribution in [3.8, 4) is 0 Å². The molecule has 152 valence electrons. The molecule has 29 heavy (non-hydrogen) atoms. The summed E-state index contributed by atoms with van der Waals surface area (Å²) in [6, 6.07) is 9.55. The lowest BCUT2D eigenvalue weighted by atomic mass is 9.90. The van der Waals surface area contributed by atoms with Crippen molar-refractivity contribution in [2.24, 2.45) is 11.8 Å². The van der Waals surface area contributed by atoms with E-state index in [1.807, 2.05) is 30.9 Å². The van der Waals surface area contributed by atoms with Gasteiger partial charge in [-0.2, -0.15) is 0 Å². The summed E-state index contributed by atoms with van der Waals surface area (Å²) < 4.78 is 13.1. The molecule has 1 atom stereocenters. The lowest BCUT2D eigenvalue weighted by molar-refractivity contribution is -0.120. The Morgan fingerprint density at radius 1 is 1.14 bits per heavy atom. The highest BCUT2D eigenvalue weighted by molar-refractivity contribution is 5.98. The molecule has 2 heterocycles. The van der Waals surface area contributed by atoms with Crippen LogP contribution in [0, 0.1) is 17.7 Å². The molecule has 0 spiro atoms. The Morgan fingerprint density at radius 2 is 1.86 bits per heavy atom. The summed E-state index contributed by atoms with van der Waals surface area (Å²) in [4.78, 5) is 32.2. The number of carbonyl (C=O) groups excluding carboxylic acids is 2. The zero-order valence-corrected chi connectivity index (χ0v) is 16.8. The van der Waals surface area contributed by atoms with E-state index in [-0.39, 0.29) is 29.5 Å². The van der Waals surface area contributed by atoms with E-state index in [0.717, 1.165) is 43.6 Å². The molecule has 1 aromatic carbocycles. The number of carbonyl (C=O) groups is 2. The highest BCUT2D eigenvalue weighted by atomic mass is 19.1. The van der Waals surface area contributed by atoms with Gasteiger partial charge < -0.3 is 10.2 Å². The van der Waals surface area contributed by atoms with E-state index in [4.69, 9.17) is 4.98 Å². The maximum atomic E-state index is 13.1. The first-order valence-electron chi connectivity index (χ1n) is 10.3. The van der Waals surface area contributed by atoms with Crippen molar-refractivity contribution < 1.29 is 14.0 Å². The van der Waals surface area contributed by atoms with Crippen molar-refractivity contribution in [3.63, 3.8) is 0 Å². The number of nitrogens with one attached hydrogen (secondary N) is 1. The number of aromatic nitrogens is 1. The minimum atomic E-state index is -0.431. The molecule has 0 radical (unpaired) electrons. The van der Waals surface area contributed by atoms with Gasteiger partial charge in [-0.3, -0.25) is 14.6 Å². The lowest BCUT2D eigenvalue weighted by Crippen LogP contribution is -2.37. The molecule has 5 nitrogen and oxygen atoms in total. The standard InChI is InChI=1S/C23H26FN3O2/c1-14(2)21(22(28)25-17-9-7-16(24)8-10-17)19-11-12-20-18(26-19)4-3-13-27(20)23(29)15-5-6-15/h7-12,14-15,21H,3-6,13H2,1-2H3,(H,25,28). The van der Waals surface area contributed by atoms with Gasteiger partial charge in [-0.1, -0.05) is 13.8 Å². The number of halogens is 1. The fraction of sp³-hybridized carbons (Fsp3) is 0.435. The van der Waals surface area contributed by atoms with Crippen LogP contribution < -0.4 is 10.2 Å². The average Bonchev–Trinajstić information content (AvgIpc) is 3.54. The van der Waals surface area contributed by atoms with Crippen LogP contribution in [0.5, 0.6) is 0 Å². The number of fused-ring (bicyclic) bond motifs is 1. The van der Waals surface area contributed by atoms with E-state index >= 15 is 0 Å². The molecule has 2 aliphatic rings. The average molecular weight is 395 g/mol. The van der Waals surface area contributed by atoms with Crippen LogP contribution in [0.2, 0.25) is 0 Å². The zero-order chi connectivity index (χ0) is 20.5. The summed E-state index contributed by atoms with van der Waals surface area (Å²) in [7, 11) is 0. The summed E-state index contributed by atoms with van der Waals surface area (Å²) in [5.74, 6) is -0.528. The number of hydrogen-bond donors (Lipinski definition) is 1. The van der Waals surface area contributed by atoms with Crippen molar-refractivity contribution in [2.45, 2.75) is 45.4 Å². The minimum absolute atomic E-state index is 0.0359. The van der Waals surface area contributed by atoms with Gasteiger partial charge in [0.2, 0.25) is 11.8 Å². The number of anilines is 2. The molecule has 1 unspecified atom stereocenters. The van der Waals surface area contributed by atoms with Crippen LogP contribution in [0.4, 0.5) is 15.8 Å². The number of hydrogen-bond acceptors (Lipinski definition) is 3. The molecule has 1 aromatic heterocycles. The van der Waals surface area contributed by atoms with Crippen LogP contribution in [-0.2, 0) is 16.0 Å². The maximum absolute atomic E-state index is 13.1. The van der Waals surface area contributed by atoms with Gasteiger partial charge in [0.25, 0.3) is 0 Å². The third kappa shape index (κ3) is 4.16. The first kappa shape index (κ1) is 19.6. The number of rotatable bonds is 5. The second-order valence-corrected chi connectivity index (χ2v) is 8.29. The summed E-state index contributed by atoms with van der Waals surface area (Å²) >= 11 is 0. The van der Waals surface area contributed by atoms with Crippen LogP contribution in [0.3, 0.4) is 0 Å². The predicted octanol–water partition coefficient (Wildman–Crippen LogP) is 4.29. The number of aryl methyl sites for hydroxylation is 1. The molecule has 1 aliphatic heterocycles. The number of nitrogens with zero attached hydrogens (tertiary/aromatic N) is 2. The van der Waals surface area contributed by atoms with Crippen LogP contribution in [-0.4, -0.2) is 23.3 Å². The topological polar surface area (TPSA) is 62.3 Å². The Kier molecular flexibility index (Phi) is 5.35. The second-order valence-electron chi connectivity index (χ2n) is 8.29. The SMILES string of the molecule is CC(C)C(C(=O)Nc1ccc(F)cc1)c1ccc2c(n1)CCCN2C(=O)C1CC1. The molecule has 1 aliphatic carbocycles. The van der Waals surface area contributed by atoms with E-state index in [2.05, 4.69) is 5.32 Å². The summed E-state index contributed by atoms with van der Waals surface area (Å²) in [5, 5.41) is 2.87. The highest BCUT2D eigenvalue weighted by Gasteiger charge is 2.36. The van der Waals surface area contributed by atoms with Crippen LogP contribution in [0.15, 0.2) is 36.4 Å². The van der Waals surface area contributed by atoms with Crippen molar-refractivity contribution >= 4 is 23.2 Å². The molecule has 6 heteroatoms. The fourth-order valence-electron chi connectivity index (χ4n) is 3.95. The molecular formula is C23H26FN3O2. The largest absolute Gasteiger partial charge is 0.326 e. The summed E-state index contributed by atoms with van der Waals surface area (Å²) in [6.07, 6.45) is 3.66. The monoisotopic (exact) mass is 395 g/mol. The number of amides is 2. The smallest absolute Gasteiger partial charge is 0.233 e. The van der Waals surface area contributed by atoms with Gasteiger partial charge in [0.1, 0.15) is 5.82 Å². The third-order valence-electron chi connectivity index (χ3n) is 5.63. The van der Waals surface area contributed by atoms with E-state index < -0.39 is 5.92 Å². The Balaban J connectivity index is 1.58. The number of pyridine rings is 1. The van der Waals surface area contributed by atoms with Gasteiger partial charge in [0.05, 0.1) is 23.0 Å². The molecule has 1 N–H and O–H groups in total. The Morgan fingerprint density at radius 3 is 2.52 bits per heavy atom. The van der Waals surface area contributed by atoms with Gasteiger partial charge in [0.15, 0.2) is 0 Å². The van der Waals surface area contributed by atoms with Crippen molar-refractivity contribution in [2.75, 3.05) is 16.8 Å². The van der Waals surface area contributed by atoms with Gasteiger partial charge in [0, 0.05) is 18.2 Å². The Labute approximate surface area is 170 Å². The predicted molar refractivity (Wildman–Crippen MR) is 110 cm³/mol. The lowest BCUT2D eigenvalue weighted by Gasteiger charge is -2.30. The van der Waals surface area contributed by atoms with Crippen molar-refractivity contribution in [3.05, 3.63) is 53.6 Å². The molecule has 4 rings (SSSR count). The van der Waals surface area contributed by atoms with Gasteiger partial charge in [-0.05, 0) is 68.0 Å². The molecule has 0 saturated heterocycles. The summed E-state index contributed by atoms with van der Waals surface area (Å²) in [6.45, 7) is 4.71. The highest BCUT2D eigenvalue weighted by Crippen LogP contribution is 2.36. The first-order chi connectivity index (χ1) is 13.9. The maximum Gasteiger partial charge on any atom is 0.233 e. The van der Waals surface area contributed by atoms with E-state index in [1.54, 1.807) is 12.1 Å². The molecular weight excluding hydrogens is 369 g/mol. The van der Waals surface area contributed by atoms with Gasteiger partial charge >= 0.3 is 0 Å². The number of benzene rings is 1. The van der Waals surface area contributed by atoms with E-state index in [0.29, 0.717) is 11.4 Å². The zero-order valence-electron chi connectivity index (χ0n) is 16.8. The summed E-state index contributed by atoms with van der Waals surface area (Å²) in [5.41, 5.74) is 3.04. The normalized spacial score (nSPS) is 17.0. The molecule has 1 saturated carbocycles. The molecule has 2 aromatic rings. The third-order valence-corrected chi connectivity index (χ3v) is 5.63. The van der Waals surface area contributed by atoms with Crippen molar-refractivity contribution in [1.82, 2.24) is 4.98 Å². The minimum Gasteiger partial charge on any atom is -0.326 e. The molecule has 0 bridgehead atoms. The van der Waals surface area contributed by atoms with E-state index in [9.17, 15) is 14.0 Å².